The van der Waals surface area contributed by atoms with E-state index in [1.165, 1.54) is 0 Å². The van der Waals surface area contributed by atoms with E-state index in [-0.39, 0.29) is 12.4 Å². The highest BCUT2D eigenvalue weighted by Crippen LogP contribution is 2.35. The molecule has 1 fully saturated rings. The van der Waals surface area contributed by atoms with Gasteiger partial charge in [0, 0.05) is 31.7 Å². The Hall–Kier alpha value is -3.00. The number of likely N-dealkylation sites (N-methyl/N-ethyl adjacent to an activating group) is 1. The molecule has 1 amide bonds. The van der Waals surface area contributed by atoms with Gasteiger partial charge in [-0.2, -0.15) is 0 Å². The fourth-order valence-electron chi connectivity index (χ4n) is 4.04. The van der Waals surface area contributed by atoms with E-state index >= 15 is 0 Å². The van der Waals surface area contributed by atoms with Crippen LogP contribution in [-0.4, -0.2) is 56.1 Å². The van der Waals surface area contributed by atoms with Gasteiger partial charge >= 0.3 is 5.97 Å². The van der Waals surface area contributed by atoms with Crippen molar-refractivity contribution in [3.63, 3.8) is 0 Å². The predicted octanol–water partition coefficient (Wildman–Crippen LogP) is 5.82. The Labute approximate surface area is 214 Å². The van der Waals surface area contributed by atoms with Crippen molar-refractivity contribution in [3.8, 4) is 11.3 Å². The third-order valence-electron chi connectivity index (χ3n) is 5.96. The van der Waals surface area contributed by atoms with Crippen LogP contribution in [0.5, 0.6) is 0 Å². The summed E-state index contributed by atoms with van der Waals surface area (Å²) in [5.41, 5.74) is 2.32. The molecular formula is C26H27Cl2N3O4. The number of anilines is 2. The number of hydrogen-bond donors (Lipinski definition) is 1. The normalized spacial score (nSPS) is 14.1. The van der Waals surface area contributed by atoms with Gasteiger partial charge in [-0.1, -0.05) is 36.2 Å². The van der Waals surface area contributed by atoms with E-state index in [4.69, 9.17) is 32.4 Å². The van der Waals surface area contributed by atoms with E-state index < -0.39 is 11.9 Å². The molecule has 0 spiro atoms. The van der Waals surface area contributed by atoms with Crippen molar-refractivity contribution in [2.24, 2.45) is 0 Å². The van der Waals surface area contributed by atoms with Crippen molar-refractivity contribution in [3.05, 3.63) is 69.9 Å². The summed E-state index contributed by atoms with van der Waals surface area (Å²) in [5, 5.41) is 3.67. The first-order valence-corrected chi connectivity index (χ1v) is 12.3. The molecule has 184 valence electrons. The number of esters is 1. The molecular weight excluding hydrogens is 489 g/mol. The van der Waals surface area contributed by atoms with Crippen LogP contribution in [0, 0.1) is 0 Å². The maximum atomic E-state index is 13.1. The third kappa shape index (κ3) is 5.64. The Bertz CT molecular complexity index is 1220. The van der Waals surface area contributed by atoms with E-state index in [2.05, 4.69) is 22.0 Å². The molecule has 3 aromatic rings. The lowest BCUT2D eigenvalue weighted by atomic mass is 10.1. The number of nitrogens with zero attached hydrogens (tertiary/aromatic N) is 2. The molecule has 1 aliphatic rings. The molecule has 0 bridgehead atoms. The Morgan fingerprint density at radius 2 is 1.80 bits per heavy atom. The number of amides is 1. The number of carbonyl (C=O) groups excluding carboxylic acids is 2. The first kappa shape index (κ1) is 25.1. The number of carbonyl (C=O) groups is 2. The highest BCUT2D eigenvalue weighted by molar-refractivity contribution is 6.43. The fraction of sp³-hybridized carbons (Fsp3) is 0.308. The molecule has 0 aliphatic carbocycles. The molecule has 1 N–H and O–H groups in total. The molecule has 1 saturated heterocycles. The summed E-state index contributed by atoms with van der Waals surface area (Å²) in [7, 11) is 0. The van der Waals surface area contributed by atoms with Gasteiger partial charge in [-0.3, -0.25) is 4.79 Å². The molecule has 0 radical (unpaired) electrons. The van der Waals surface area contributed by atoms with Crippen LogP contribution in [0.15, 0.2) is 52.9 Å². The van der Waals surface area contributed by atoms with Gasteiger partial charge in [0.15, 0.2) is 5.76 Å². The average molecular weight is 516 g/mol. The minimum atomic E-state index is -0.443. The standard InChI is InChI=1S/C26H27Cl2N3O4/c1-3-30-12-14-31(15-13-30)21-9-8-17(26(33)34-4-2)16-20(21)29-25(32)23-11-10-22(35-23)18-6-5-7-19(27)24(18)28/h5-11,16H,3-4,12-15H2,1-2H3,(H,29,32). The van der Waals surface area contributed by atoms with Gasteiger partial charge in [0.2, 0.25) is 0 Å². The second-order valence-corrected chi connectivity index (χ2v) is 8.88. The summed E-state index contributed by atoms with van der Waals surface area (Å²) in [6, 6.07) is 13.7. The molecule has 2 aromatic carbocycles. The molecule has 0 unspecified atom stereocenters. The van der Waals surface area contributed by atoms with Crippen LogP contribution < -0.4 is 10.2 Å². The first-order valence-electron chi connectivity index (χ1n) is 11.5. The largest absolute Gasteiger partial charge is 0.462 e. The van der Waals surface area contributed by atoms with E-state index in [1.54, 1.807) is 49.4 Å². The lowest BCUT2D eigenvalue weighted by Crippen LogP contribution is -2.46. The molecule has 0 atom stereocenters. The lowest BCUT2D eigenvalue weighted by Gasteiger charge is -2.36. The van der Waals surface area contributed by atoms with Gasteiger partial charge in [-0.05, 0) is 55.9 Å². The van der Waals surface area contributed by atoms with Crippen LogP contribution in [-0.2, 0) is 4.74 Å². The second kappa shape index (κ2) is 11.2. The zero-order chi connectivity index (χ0) is 24.9. The van der Waals surface area contributed by atoms with Crippen molar-refractivity contribution < 1.29 is 18.7 Å². The zero-order valence-electron chi connectivity index (χ0n) is 19.6. The van der Waals surface area contributed by atoms with Gasteiger partial charge in [0.1, 0.15) is 5.76 Å². The maximum Gasteiger partial charge on any atom is 0.338 e. The fourth-order valence-corrected chi connectivity index (χ4v) is 4.43. The number of nitrogens with one attached hydrogen (secondary N) is 1. The summed E-state index contributed by atoms with van der Waals surface area (Å²) >= 11 is 12.4. The highest BCUT2D eigenvalue weighted by Gasteiger charge is 2.22. The quantitative estimate of drug-likeness (QED) is 0.399. The summed E-state index contributed by atoms with van der Waals surface area (Å²) < 4.78 is 10.9. The van der Waals surface area contributed by atoms with Crippen LogP contribution >= 0.6 is 23.2 Å². The Morgan fingerprint density at radius 3 is 2.51 bits per heavy atom. The van der Waals surface area contributed by atoms with Gasteiger partial charge in [0.25, 0.3) is 5.91 Å². The molecule has 35 heavy (non-hydrogen) atoms. The average Bonchev–Trinajstić information content (AvgIpc) is 3.36. The van der Waals surface area contributed by atoms with Crippen molar-refractivity contribution in [2.75, 3.05) is 49.5 Å². The molecule has 1 aromatic heterocycles. The number of ether oxygens (including phenoxy) is 1. The Morgan fingerprint density at radius 1 is 1.03 bits per heavy atom. The SMILES string of the molecule is CCOC(=O)c1ccc(N2CCN(CC)CC2)c(NC(=O)c2ccc(-c3cccc(Cl)c3Cl)o2)c1. The number of piperazine rings is 1. The van der Waals surface area contributed by atoms with Gasteiger partial charge in [-0.15, -0.1) is 0 Å². The van der Waals surface area contributed by atoms with Crippen molar-refractivity contribution in [1.29, 1.82) is 0 Å². The topological polar surface area (TPSA) is 75.0 Å². The minimum absolute atomic E-state index is 0.110. The molecule has 1 aliphatic heterocycles. The van der Waals surface area contributed by atoms with E-state index in [0.717, 1.165) is 38.4 Å². The number of furan rings is 1. The maximum absolute atomic E-state index is 13.1. The molecule has 7 nitrogen and oxygen atoms in total. The Kier molecular flexibility index (Phi) is 8.00. The number of rotatable bonds is 7. The molecule has 9 heteroatoms. The van der Waals surface area contributed by atoms with Crippen molar-refractivity contribution in [1.82, 2.24) is 4.90 Å². The Balaban J connectivity index is 1.61. The summed E-state index contributed by atoms with van der Waals surface area (Å²) in [4.78, 5) is 30.1. The van der Waals surface area contributed by atoms with Crippen molar-refractivity contribution >= 4 is 46.5 Å². The molecule has 2 heterocycles. The smallest absolute Gasteiger partial charge is 0.338 e. The van der Waals surface area contributed by atoms with Crippen molar-refractivity contribution in [2.45, 2.75) is 13.8 Å². The van der Waals surface area contributed by atoms with Crippen LogP contribution in [0.3, 0.4) is 0 Å². The van der Waals surface area contributed by atoms with E-state index in [9.17, 15) is 9.59 Å². The lowest BCUT2D eigenvalue weighted by molar-refractivity contribution is 0.0526. The van der Waals surface area contributed by atoms with E-state index in [0.29, 0.717) is 32.6 Å². The number of halogens is 2. The predicted molar refractivity (Wildman–Crippen MR) is 139 cm³/mol. The molecule has 4 rings (SSSR count). The molecule has 0 saturated carbocycles. The number of hydrogen-bond acceptors (Lipinski definition) is 6. The van der Waals surface area contributed by atoms with Crippen LogP contribution in [0.2, 0.25) is 10.0 Å². The highest BCUT2D eigenvalue weighted by atomic mass is 35.5. The minimum Gasteiger partial charge on any atom is -0.462 e. The van der Waals surface area contributed by atoms with Crippen LogP contribution in [0.1, 0.15) is 34.8 Å². The zero-order valence-corrected chi connectivity index (χ0v) is 21.2. The van der Waals surface area contributed by atoms with Crippen LogP contribution in [0.4, 0.5) is 11.4 Å². The summed E-state index contributed by atoms with van der Waals surface area (Å²) in [5.74, 6) is -0.344. The monoisotopic (exact) mass is 515 g/mol. The van der Waals surface area contributed by atoms with Gasteiger partial charge in [0.05, 0.1) is 33.6 Å². The van der Waals surface area contributed by atoms with Gasteiger partial charge < -0.3 is 24.3 Å². The van der Waals surface area contributed by atoms with Crippen LogP contribution in [0.25, 0.3) is 11.3 Å². The van der Waals surface area contributed by atoms with E-state index in [1.807, 2.05) is 6.07 Å². The second-order valence-electron chi connectivity index (χ2n) is 8.09. The third-order valence-corrected chi connectivity index (χ3v) is 6.78. The summed E-state index contributed by atoms with van der Waals surface area (Å²) in [6.07, 6.45) is 0. The summed E-state index contributed by atoms with van der Waals surface area (Å²) in [6.45, 7) is 8.63. The number of benzene rings is 2. The first-order chi connectivity index (χ1) is 16.9. The van der Waals surface area contributed by atoms with Gasteiger partial charge in [-0.25, -0.2) is 4.79 Å².